The minimum atomic E-state index is 0.0228. The third kappa shape index (κ3) is 15.9. The first-order valence-electron chi connectivity index (χ1n) is 7.78. The molecule has 0 aromatic rings. The molecule has 0 saturated carbocycles. The summed E-state index contributed by atoms with van der Waals surface area (Å²) in [7, 11) is 0. The largest absolute Gasteiger partial charge is 0.326 e. The Morgan fingerprint density at radius 1 is 0.500 bits per heavy atom. The molecule has 0 aliphatic heterocycles. The number of hydrogen-bond acceptors (Lipinski definition) is 2. The topological polar surface area (TPSA) is 52.0 Å². The van der Waals surface area contributed by atoms with Gasteiger partial charge in [-0.1, -0.05) is 51.4 Å². The fourth-order valence-electron chi connectivity index (χ4n) is 2.22. The van der Waals surface area contributed by atoms with Gasteiger partial charge in [0.2, 0.25) is 0 Å². The Morgan fingerprint density at radius 3 is 0.944 bits per heavy atom. The monoisotopic (exact) mass is 256 g/mol. The van der Waals surface area contributed by atoms with Gasteiger partial charge in [-0.3, -0.25) is 0 Å². The van der Waals surface area contributed by atoms with Crippen LogP contribution in [0.15, 0.2) is 0 Å². The van der Waals surface area contributed by atoms with Crippen molar-refractivity contribution in [3.8, 4) is 0 Å². The molecule has 0 spiro atoms. The summed E-state index contributed by atoms with van der Waals surface area (Å²) >= 11 is 0. The Bertz CT molecular complexity index is 164. The van der Waals surface area contributed by atoms with Crippen molar-refractivity contribution in [2.75, 3.05) is 0 Å². The Labute approximate surface area is 115 Å². The van der Waals surface area contributed by atoms with Crippen molar-refractivity contribution >= 4 is 0 Å². The molecule has 4 N–H and O–H groups in total. The highest BCUT2D eigenvalue weighted by Crippen LogP contribution is 2.15. The minimum Gasteiger partial charge on any atom is -0.326 e. The van der Waals surface area contributed by atoms with E-state index in [4.69, 9.17) is 11.5 Å². The lowest BCUT2D eigenvalue weighted by molar-refractivity contribution is 0.431. The van der Waals surface area contributed by atoms with E-state index in [2.05, 4.69) is 27.7 Å². The van der Waals surface area contributed by atoms with E-state index < -0.39 is 0 Å². The van der Waals surface area contributed by atoms with E-state index in [1.165, 1.54) is 51.4 Å². The standard InChI is InChI=1S/C16H36N2/c1-15(2,17)13-11-9-7-5-6-8-10-12-14-16(3,4)18/h5-14,17-18H2,1-4H3. The van der Waals surface area contributed by atoms with Crippen LogP contribution in [0.4, 0.5) is 0 Å². The highest BCUT2D eigenvalue weighted by molar-refractivity contribution is 4.71. The van der Waals surface area contributed by atoms with E-state index in [1.54, 1.807) is 0 Å². The fraction of sp³-hybridized carbons (Fsp3) is 1.00. The average Bonchev–Trinajstić information content (AvgIpc) is 2.17. The fourth-order valence-corrected chi connectivity index (χ4v) is 2.22. The first kappa shape index (κ1) is 17.9. The molecular weight excluding hydrogens is 220 g/mol. The summed E-state index contributed by atoms with van der Waals surface area (Å²) in [5.41, 5.74) is 12.0. The average molecular weight is 256 g/mol. The second-order valence-electron chi connectivity index (χ2n) is 7.31. The van der Waals surface area contributed by atoms with Gasteiger partial charge >= 0.3 is 0 Å². The van der Waals surface area contributed by atoms with Gasteiger partial charge in [0.1, 0.15) is 0 Å². The van der Waals surface area contributed by atoms with Crippen LogP contribution in [0.1, 0.15) is 91.9 Å². The van der Waals surface area contributed by atoms with E-state index in [-0.39, 0.29) is 11.1 Å². The third-order valence-corrected chi connectivity index (χ3v) is 3.39. The van der Waals surface area contributed by atoms with Gasteiger partial charge in [0.05, 0.1) is 0 Å². The van der Waals surface area contributed by atoms with Crippen molar-refractivity contribution in [3.63, 3.8) is 0 Å². The van der Waals surface area contributed by atoms with Gasteiger partial charge in [0, 0.05) is 11.1 Å². The van der Waals surface area contributed by atoms with E-state index in [1.807, 2.05) is 0 Å². The zero-order valence-corrected chi connectivity index (χ0v) is 13.2. The van der Waals surface area contributed by atoms with Crippen LogP contribution < -0.4 is 11.5 Å². The van der Waals surface area contributed by atoms with Crippen LogP contribution in [0.25, 0.3) is 0 Å². The Kier molecular flexibility index (Phi) is 8.89. The molecule has 0 saturated heterocycles. The van der Waals surface area contributed by atoms with Crippen molar-refractivity contribution in [1.82, 2.24) is 0 Å². The van der Waals surface area contributed by atoms with Gasteiger partial charge in [0.25, 0.3) is 0 Å². The molecule has 2 heteroatoms. The summed E-state index contributed by atoms with van der Waals surface area (Å²) in [6.45, 7) is 8.47. The number of unbranched alkanes of at least 4 members (excludes halogenated alkanes) is 7. The molecule has 0 unspecified atom stereocenters. The van der Waals surface area contributed by atoms with E-state index >= 15 is 0 Å². The molecule has 2 nitrogen and oxygen atoms in total. The highest BCUT2D eigenvalue weighted by Gasteiger charge is 2.09. The lowest BCUT2D eigenvalue weighted by atomic mass is 9.96. The van der Waals surface area contributed by atoms with Crippen LogP contribution in [0.3, 0.4) is 0 Å². The molecule has 0 radical (unpaired) electrons. The molecule has 0 atom stereocenters. The molecule has 0 fully saturated rings. The van der Waals surface area contributed by atoms with Gasteiger partial charge in [-0.25, -0.2) is 0 Å². The maximum atomic E-state index is 5.96. The third-order valence-electron chi connectivity index (χ3n) is 3.39. The van der Waals surface area contributed by atoms with Gasteiger partial charge in [-0.05, 0) is 40.5 Å². The molecular formula is C16H36N2. The van der Waals surface area contributed by atoms with Gasteiger partial charge < -0.3 is 11.5 Å². The Balaban J connectivity index is 3.13. The number of rotatable bonds is 11. The second kappa shape index (κ2) is 8.92. The van der Waals surface area contributed by atoms with Crippen LogP contribution in [0.2, 0.25) is 0 Å². The van der Waals surface area contributed by atoms with Crippen LogP contribution in [0, 0.1) is 0 Å². The highest BCUT2D eigenvalue weighted by atomic mass is 14.7. The normalized spacial score (nSPS) is 13.0. The first-order valence-corrected chi connectivity index (χ1v) is 7.78. The maximum Gasteiger partial charge on any atom is 0.00970 e. The molecule has 0 heterocycles. The molecule has 0 aliphatic rings. The summed E-state index contributed by atoms with van der Waals surface area (Å²) in [6.07, 6.45) is 13.1. The molecule has 0 bridgehead atoms. The van der Waals surface area contributed by atoms with Crippen molar-refractivity contribution in [2.24, 2.45) is 11.5 Å². The quantitative estimate of drug-likeness (QED) is 0.540. The van der Waals surface area contributed by atoms with Gasteiger partial charge in [-0.15, -0.1) is 0 Å². The van der Waals surface area contributed by atoms with Gasteiger partial charge in [0.15, 0.2) is 0 Å². The van der Waals surface area contributed by atoms with Crippen molar-refractivity contribution < 1.29 is 0 Å². The molecule has 0 amide bonds. The summed E-state index contributed by atoms with van der Waals surface area (Å²) < 4.78 is 0. The van der Waals surface area contributed by atoms with Crippen molar-refractivity contribution in [3.05, 3.63) is 0 Å². The number of hydrogen-bond donors (Lipinski definition) is 2. The molecule has 0 aromatic carbocycles. The predicted molar refractivity (Wildman–Crippen MR) is 82.7 cm³/mol. The maximum absolute atomic E-state index is 5.96. The van der Waals surface area contributed by atoms with Crippen LogP contribution in [0.5, 0.6) is 0 Å². The van der Waals surface area contributed by atoms with Crippen LogP contribution >= 0.6 is 0 Å². The summed E-state index contributed by atoms with van der Waals surface area (Å²) in [5.74, 6) is 0. The SMILES string of the molecule is CC(C)(N)CCCCCCCCCCC(C)(C)N. The summed E-state index contributed by atoms with van der Waals surface area (Å²) in [5, 5.41) is 0. The molecule has 18 heavy (non-hydrogen) atoms. The zero-order chi connectivity index (χ0) is 14.1. The van der Waals surface area contributed by atoms with E-state index in [0.29, 0.717) is 0 Å². The Hall–Kier alpha value is -0.0800. The summed E-state index contributed by atoms with van der Waals surface area (Å²) in [4.78, 5) is 0. The van der Waals surface area contributed by atoms with Gasteiger partial charge in [-0.2, -0.15) is 0 Å². The zero-order valence-electron chi connectivity index (χ0n) is 13.2. The minimum absolute atomic E-state index is 0.0228. The van der Waals surface area contributed by atoms with Crippen molar-refractivity contribution in [1.29, 1.82) is 0 Å². The summed E-state index contributed by atoms with van der Waals surface area (Å²) in [6, 6.07) is 0. The lowest BCUT2D eigenvalue weighted by Gasteiger charge is -2.18. The van der Waals surface area contributed by atoms with E-state index in [9.17, 15) is 0 Å². The predicted octanol–water partition coefficient (Wildman–Crippen LogP) is 4.36. The second-order valence-corrected chi connectivity index (χ2v) is 7.31. The first-order chi connectivity index (χ1) is 8.21. The van der Waals surface area contributed by atoms with Crippen LogP contribution in [-0.2, 0) is 0 Å². The van der Waals surface area contributed by atoms with Crippen molar-refractivity contribution in [2.45, 2.75) is 103 Å². The van der Waals surface area contributed by atoms with E-state index in [0.717, 1.165) is 12.8 Å². The number of nitrogens with two attached hydrogens (primary N) is 2. The molecule has 0 aliphatic carbocycles. The lowest BCUT2D eigenvalue weighted by Crippen LogP contribution is -2.31. The molecule has 0 aromatic heterocycles. The molecule has 0 rings (SSSR count). The smallest absolute Gasteiger partial charge is 0.00970 e. The molecule has 110 valence electrons. The van der Waals surface area contributed by atoms with Crippen LogP contribution in [-0.4, -0.2) is 11.1 Å². The Morgan fingerprint density at radius 2 is 0.722 bits per heavy atom.